The first kappa shape index (κ1) is 17.6. The summed E-state index contributed by atoms with van der Waals surface area (Å²) in [5, 5.41) is 8.04. The average molecular weight is 371 g/mol. The maximum Gasteiger partial charge on any atom is 0.174 e. The molecule has 25 heavy (non-hydrogen) atoms. The van der Waals surface area contributed by atoms with Gasteiger partial charge in [0.2, 0.25) is 0 Å². The number of nitrogens with one attached hydrogen (secondary N) is 2. The maximum atomic E-state index is 5.54. The van der Waals surface area contributed by atoms with Gasteiger partial charge < -0.3 is 20.4 Å². The number of hydrogen-bond donors (Lipinski definition) is 2. The van der Waals surface area contributed by atoms with Crippen molar-refractivity contribution in [1.29, 1.82) is 0 Å². The summed E-state index contributed by atoms with van der Waals surface area (Å²) in [4.78, 5) is 4.25. The molecule has 2 aromatic carbocycles. The molecule has 0 spiro atoms. The summed E-state index contributed by atoms with van der Waals surface area (Å²) in [6.07, 6.45) is 0. The first-order valence-electron chi connectivity index (χ1n) is 8.26. The lowest BCUT2D eigenvalue weighted by atomic mass is 10.2. The smallest absolute Gasteiger partial charge is 0.174 e. The van der Waals surface area contributed by atoms with Crippen LogP contribution in [0.3, 0.4) is 0 Å². The van der Waals surface area contributed by atoms with Gasteiger partial charge in [-0.3, -0.25) is 0 Å². The first-order valence-corrected chi connectivity index (χ1v) is 9.08. The van der Waals surface area contributed by atoms with E-state index >= 15 is 0 Å². The Morgan fingerprint density at radius 2 is 1.08 bits per heavy atom. The number of aryl methyl sites for hydroxylation is 2. The third-order valence-corrected chi connectivity index (χ3v) is 4.88. The Balaban J connectivity index is 1.53. The molecule has 130 valence electrons. The molecule has 0 radical (unpaired) electrons. The van der Waals surface area contributed by atoms with Crippen LogP contribution in [0, 0.1) is 13.8 Å². The quantitative estimate of drug-likeness (QED) is 0.778. The number of nitrogens with zero attached hydrogens (tertiary/aromatic N) is 2. The second-order valence-corrected chi connectivity index (χ2v) is 7.03. The molecule has 3 rings (SSSR count). The number of benzene rings is 2. The van der Waals surface area contributed by atoms with Crippen molar-refractivity contribution >= 4 is 46.0 Å². The summed E-state index contributed by atoms with van der Waals surface area (Å²) in [6.45, 7) is 6.54. The van der Waals surface area contributed by atoms with Gasteiger partial charge in [-0.15, -0.1) is 0 Å². The zero-order valence-electron chi connectivity index (χ0n) is 14.5. The molecule has 0 atom stereocenters. The summed E-state index contributed by atoms with van der Waals surface area (Å²) in [6, 6.07) is 16.4. The van der Waals surface area contributed by atoms with Crippen LogP contribution in [0.2, 0.25) is 0 Å². The molecular formula is C19H22N4S2. The van der Waals surface area contributed by atoms with E-state index in [1.807, 2.05) is 24.3 Å². The van der Waals surface area contributed by atoms with Crippen LogP contribution in [-0.2, 0) is 0 Å². The Labute approximate surface area is 159 Å². The minimum atomic E-state index is 0.690. The monoisotopic (exact) mass is 370 g/mol. The summed E-state index contributed by atoms with van der Waals surface area (Å²) in [7, 11) is 0. The molecule has 0 aromatic heterocycles. The Morgan fingerprint density at radius 1 is 0.720 bits per heavy atom. The van der Waals surface area contributed by atoms with Crippen LogP contribution in [0.25, 0.3) is 0 Å². The molecule has 6 heteroatoms. The van der Waals surface area contributed by atoms with E-state index in [-0.39, 0.29) is 0 Å². The average Bonchev–Trinajstić information content (AvgIpc) is 3.09. The third kappa shape index (κ3) is 4.67. The zero-order chi connectivity index (χ0) is 17.8. The highest BCUT2D eigenvalue weighted by Crippen LogP contribution is 2.14. The van der Waals surface area contributed by atoms with Gasteiger partial charge in [-0.1, -0.05) is 35.4 Å². The highest BCUT2D eigenvalue weighted by atomic mass is 32.1. The van der Waals surface area contributed by atoms with Crippen LogP contribution in [0.15, 0.2) is 48.5 Å². The van der Waals surface area contributed by atoms with Crippen molar-refractivity contribution in [3.8, 4) is 0 Å². The standard InChI is InChI=1S/C19H22N4S2/c1-14-3-7-16(8-4-14)20-18(24)22-11-12-23(13-22)19(25)21-17-9-5-15(2)6-10-17/h3-10H,11-13H2,1-2H3,(H,20,24)(H,21,25). The van der Waals surface area contributed by atoms with Gasteiger partial charge in [-0.05, 0) is 62.5 Å². The predicted octanol–water partition coefficient (Wildman–Crippen LogP) is 3.97. The number of thiocarbonyl (C=S) groups is 2. The van der Waals surface area contributed by atoms with Crippen molar-refractivity contribution in [2.45, 2.75) is 13.8 Å². The van der Waals surface area contributed by atoms with E-state index in [9.17, 15) is 0 Å². The summed E-state index contributed by atoms with van der Waals surface area (Å²) in [5.41, 5.74) is 4.48. The SMILES string of the molecule is Cc1ccc(NC(=S)N2CCN(C(=S)Nc3ccc(C)cc3)C2)cc1. The fourth-order valence-corrected chi connectivity index (χ4v) is 3.13. The molecule has 0 aliphatic carbocycles. The van der Waals surface area contributed by atoms with Crippen molar-refractivity contribution < 1.29 is 0 Å². The molecular weight excluding hydrogens is 348 g/mol. The second-order valence-electron chi connectivity index (χ2n) is 6.26. The molecule has 0 saturated carbocycles. The Hall–Kier alpha value is -2.18. The van der Waals surface area contributed by atoms with Gasteiger partial charge in [-0.2, -0.15) is 0 Å². The molecule has 1 aliphatic heterocycles. The molecule has 1 aliphatic rings. The molecule has 2 N–H and O–H groups in total. The Bertz CT molecular complexity index is 690. The minimum absolute atomic E-state index is 0.690. The predicted molar refractivity (Wildman–Crippen MR) is 113 cm³/mol. The van der Waals surface area contributed by atoms with E-state index < -0.39 is 0 Å². The molecule has 1 saturated heterocycles. The second kappa shape index (κ2) is 7.80. The molecule has 1 fully saturated rings. The van der Waals surface area contributed by atoms with Gasteiger partial charge in [-0.25, -0.2) is 0 Å². The van der Waals surface area contributed by atoms with E-state index in [4.69, 9.17) is 24.4 Å². The maximum absolute atomic E-state index is 5.54. The van der Waals surface area contributed by atoms with Gasteiger partial charge in [0, 0.05) is 24.5 Å². The van der Waals surface area contributed by atoms with Crippen LogP contribution >= 0.6 is 24.4 Å². The van der Waals surface area contributed by atoms with Crippen molar-refractivity contribution in [2.24, 2.45) is 0 Å². The van der Waals surface area contributed by atoms with Crippen LogP contribution in [0.1, 0.15) is 11.1 Å². The van der Waals surface area contributed by atoms with Crippen molar-refractivity contribution in [2.75, 3.05) is 30.4 Å². The topological polar surface area (TPSA) is 30.5 Å². The summed E-state index contributed by atoms with van der Waals surface area (Å²) >= 11 is 11.1. The fraction of sp³-hybridized carbons (Fsp3) is 0.263. The zero-order valence-corrected chi connectivity index (χ0v) is 16.1. The van der Waals surface area contributed by atoms with Crippen molar-refractivity contribution in [1.82, 2.24) is 9.80 Å². The largest absolute Gasteiger partial charge is 0.333 e. The van der Waals surface area contributed by atoms with Crippen molar-refractivity contribution in [3.05, 3.63) is 59.7 Å². The minimum Gasteiger partial charge on any atom is -0.333 e. The number of anilines is 2. The van der Waals surface area contributed by atoms with Crippen molar-refractivity contribution in [3.63, 3.8) is 0 Å². The molecule has 0 amide bonds. The third-order valence-electron chi connectivity index (χ3n) is 4.16. The highest BCUT2D eigenvalue weighted by molar-refractivity contribution is 7.80. The number of rotatable bonds is 2. The van der Waals surface area contributed by atoms with Gasteiger partial charge in [0.1, 0.15) is 0 Å². The van der Waals surface area contributed by atoms with Gasteiger partial charge in [0.15, 0.2) is 10.2 Å². The first-order chi connectivity index (χ1) is 12.0. The van der Waals surface area contributed by atoms with Crippen LogP contribution in [-0.4, -0.2) is 39.8 Å². The van der Waals surface area contributed by atoms with E-state index in [1.54, 1.807) is 0 Å². The molecule has 2 aromatic rings. The van der Waals surface area contributed by atoms with E-state index in [0.29, 0.717) is 6.67 Å². The summed E-state index contributed by atoms with van der Waals surface area (Å²) < 4.78 is 0. The van der Waals surface area contributed by atoms with E-state index in [0.717, 1.165) is 34.7 Å². The van der Waals surface area contributed by atoms with E-state index in [1.165, 1.54) is 11.1 Å². The molecule has 0 bridgehead atoms. The van der Waals surface area contributed by atoms with Crippen LogP contribution in [0.5, 0.6) is 0 Å². The number of hydrogen-bond acceptors (Lipinski definition) is 2. The molecule has 1 heterocycles. The molecule has 0 unspecified atom stereocenters. The lowest BCUT2D eigenvalue weighted by Gasteiger charge is -2.23. The Kier molecular flexibility index (Phi) is 5.50. The van der Waals surface area contributed by atoms with Gasteiger partial charge >= 0.3 is 0 Å². The van der Waals surface area contributed by atoms with Crippen LogP contribution < -0.4 is 10.6 Å². The normalized spacial score (nSPS) is 13.7. The molecule has 4 nitrogen and oxygen atoms in total. The summed E-state index contributed by atoms with van der Waals surface area (Å²) in [5.74, 6) is 0. The van der Waals surface area contributed by atoms with Gasteiger partial charge in [0.05, 0.1) is 6.67 Å². The highest BCUT2D eigenvalue weighted by Gasteiger charge is 2.23. The van der Waals surface area contributed by atoms with Gasteiger partial charge in [0.25, 0.3) is 0 Å². The Morgan fingerprint density at radius 3 is 1.44 bits per heavy atom. The van der Waals surface area contributed by atoms with E-state index in [2.05, 4.69) is 58.5 Å². The van der Waals surface area contributed by atoms with Crippen LogP contribution in [0.4, 0.5) is 11.4 Å². The lowest BCUT2D eigenvalue weighted by Crippen LogP contribution is -2.37. The lowest BCUT2D eigenvalue weighted by molar-refractivity contribution is 0.431. The fourth-order valence-electron chi connectivity index (χ4n) is 2.60.